The first-order valence-corrected chi connectivity index (χ1v) is 11.5. The number of anilines is 1. The number of amides is 1. The van der Waals surface area contributed by atoms with E-state index in [1.807, 2.05) is 61.5 Å². The maximum atomic E-state index is 13.7. The van der Waals surface area contributed by atoms with Crippen LogP contribution in [0.3, 0.4) is 0 Å². The summed E-state index contributed by atoms with van der Waals surface area (Å²) in [6, 6.07) is 24.2. The molecule has 5 heteroatoms. The SMILES string of the molecule is Cc1ccccc1C1CC(=O)N(c2cccc(C(=O)O)c2)C2=C1C(=O)CC(c1ccccc1)C2. The number of aryl methyl sites for hydroxylation is 1. The molecule has 0 spiro atoms. The lowest BCUT2D eigenvalue weighted by Crippen LogP contribution is -2.42. The Labute approximate surface area is 198 Å². The summed E-state index contributed by atoms with van der Waals surface area (Å²) in [5.41, 5.74) is 5.07. The second kappa shape index (κ2) is 8.75. The van der Waals surface area contributed by atoms with Crippen molar-refractivity contribution in [2.45, 2.75) is 38.0 Å². The lowest BCUT2D eigenvalue weighted by molar-refractivity contribution is -0.120. The van der Waals surface area contributed by atoms with Crippen molar-refractivity contribution in [2.24, 2.45) is 0 Å². The number of ketones is 1. The molecular weight excluding hydrogens is 426 g/mol. The molecule has 2 unspecified atom stereocenters. The normalized spacial score (nSPS) is 20.3. The van der Waals surface area contributed by atoms with Gasteiger partial charge in [0.25, 0.3) is 0 Å². The summed E-state index contributed by atoms with van der Waals surface area (Å²) in [4.78, 5) is 40.5. The van der Waals surface area contributed by atoms with Gasteiger partial charge in [-0.15, -0.1) is 0 Å². The third-order valence-corrected chi connectivity index (χ3v) is 6.92. The van der Waals surface area contributed by atoms with Crippen molar-refractivity contribution in [3.05, 3.63) is 112 Å². The van der Waals surface area contributed by atoms with E-state index in [0.29, 0.717) is 29.8 Å². The Kier molecular flexibility index (Phi) is 5.62. The molecule has 1 heterocycles. The van der Waals surface area contributed by atoms with Crippen LogP contribution in [0.5, 0.6) is 0 Å². The largest absolute Gasteiger partial charge is 0.478 e. The summed E-state index contributed by atoms with van der Waals surface area (Å²) in [6.07, 6.45) is 1.10. The Morgan fingerprint density at radius 2 is 1.62 bits per heavy atom. The van der Waals surface area contributed by atoms with Gasteiger partial charge in [0.15, 0.2) is 5.78 Å². The standard InChI is InChI=1S/C29H25NO4/c1-18-8-5-6-13-23(18)24-17-27(32)30(22-12-7-11-20(14-22)29(33)34)25-15-21(16-26(31)28(24)25)19-9-3-2-4-10-19/h2-14,21,24H,15-17H2,1H3,(H,33,34). The highest BCUT2D eigenvalue weighted by molar-refractivity contribution is 6.08. The van der Waals surface area contributed by atoms with Crippen LogP contribution >= 0.6 is 0 Å². The molecule has 0 fully saturated rings. The molecule has 3 aromatic carbocycles. The van der Waals surface area contributed by atoms with Crippen molar-refractivity contribution in [2.75, 3.05) is 4.90 Å². The van der Waals surface area contributed by atoms with Crippen LogP contribution in [0.25, 0.3) is 0 Å². The predicted molar refractivity (Wildman–Crippen MR) is 130 cm³/mol. The van der Waals surface area contributed by atoms with E-state index in [0.717, 1.165) is 16.7 Å². The molecule has 5 nitrogen and oxygen atoms in total. The minimum Gasteiger partial charge on any atom is -0.478 e. The zero-order chi connectivity index (χ0) is 23.8. The van der Waals surface area contributed by atoms with E-state index in [1.54, 1.807) is 17.0 Å². The van der Waals surface area contributed by atoms with E-state index in [-0.39, 0.29) is 35.5 Å². The van der Waals surface area contributed by atoms with Crippen LogP contribution in [-0.2, 0) is 9.59 Å². The zero-order valence-electron chi connectivity index (χ0n) is 18.9. The molecule has 0 aromatic heterocycles. The summed E-state index contributed by atoms with van der Waals surface area (Å²) < 4.78 is 0. The number of rotatable bonds is 4. The molecule has 3 aromatic rings. The summed E-state index contributed by atoms with van der Waals surface area (Å²) >= 11 is 0. The average molecular weight is 452 g/mol. The van der Waals surface area contributed by atoms with Crippen LogP contribution < -0.4 is 4.90 Å². The molecule has 2 atom stereocenters. The topological polar surface area (TPSA) is 74.7 Å². The summed E-state index contributed by atoms with van der Waals surface area (Å²) in [6.45, 7) is 2.00. The number of carboxylic acids is 1. The fraction of sp³-hybridized carbons (Fsp3) is 0.207. The first kappa shape index (κ1) is 21.8. The first-order valence-electron chi connectivity index (χ1n) is 11.5. The zero-order valence-corrected chi connectivity index (χ0v) is 18.9. The van der Waals surface area contributed by atoms with E-state index in [1.165, 1.54) is 12.1 Å². The highest BCUT2D eigenvalue weighted by Crippen LogP contribution is 2.47. The fourth-order valence-electron chi connectivity index (χ4n) is 5.32. The van der Waals surface area contributed by atoms with Gasteiger partial charge < -0.3 is 5.11 Å². The van der Waals surface area contributed by atoms with Crippen LogP contribution in [0.15, 0.2) is 90.1 Å². The van der Waals surface area contributed by atoms with Crippen LogP contribution in [0.4, 0.5) is 5.69 Å². The first-order chi connectivity index (χ1) is 16.4. The minimum atomic E-state index is -1.06. The smallest absolute Gasteiger partial charge is 0.335 e. The van der Waals surface area contributed by atoms with E-state index < -0.39 is 5.97 Å². The van der Waals surface area contributed by atoms with Gasteiger partial charge in [-0.3, -0.25) is 14.5 Å². The number of Topliss-reactive ketones (excluding diaryl/α,β-unsaturated/α-hetero) is 1. The quantitative estimate of drug-likeness (QED) is 0.559. The molecule has 1 N–H and O–H groups in total. The molecule has 0 radical (unpaired) electrons. The summed E-state index contributed by atoms with van der Waals surface area (Å²) in [7, 11) is 0. The van der Waals surface area contributed by atoms with Gasteiger partial charge in [-0.25, -0.2) is 4.79 Å². The fourth-order valence-corrected chi connectivity index (χ4v) is 5.32. The van der Waals surface area contributed by atoms with Gasteiger partial charge in [-0.2, -0.15) is 0 Å². The molecule has 1 aliphatic heterocycles. The van der Waals surface area contributed by atoms with Crippen molar-refractivity contribution in [1.29, 1.82) is 0 Å². The highest BCUT2D eigenvalue weighted by atomic mass is 16.4. The molecule has 2 aliphatic rings. The van der Waals surface area contributed by atoms with Crippen LogP contribution in [0.2, 0.25) is 0 Å². The number of nitrogens with zero attached hydrogens (tertiary/aromatic N) is 1. The molecule has 1 amide bonds. The number of hydrogen-bond donors (Lipinski definition) is 1. The Morgan fingerprint density at radius 3 is 2.35 bits per heavy atom. The monoisotopic (exact) mass is 451 g/mol. The Morgan fingerprint density at radius 1 is 0.882 bits per heavy atom. The van der Waals surface area contributed by atoms with Gasteiger partial charge in [0.05, 0.1) is 5.56 Å². The number of carboxylic acid groups (broad SMARTS) is 1. The lowest BCUT2D eigenvalue weighted by Gasteiger charge is -2.41. The van der Waals surface area contributed by atoms with E-state index in [9.17, 15) is 19.5 Å². The Bertz CT molecular complexity index is 1320. The molecule has 1 aliphatic carbocycles. The van der Waals surface area contributed by atoms with E-state index >= 15 is 0 Å². The number of allylic oxidation sites excluding steroid dienone is 2. The molecule has 34 heavy (non-hydrogen) atoms. The van der Waals surface area contributed by atoms with Crippen molar-refractivity contribution >= 4 is 23.3 Å². The highest BCUT2D eigenvalue weighted by Gasteiger charge is 2.42. The number of aromatic carboxylic acids is 1. The van der Waals surface area contributed by atoms with Crippen LogP contribution in [0.1, 0.15) is 58.1 Å². The third-order valence-electron chi connectivity index (χ3n) is 6.92. The lowest BCUT2D eigenvalue weighted by atomic mass is 9.72. The van der Waals surface area contributed by atoms with Crippen LogP contribution in [0, 0.1) is 6.92 Å². The second-order valence-corrected chi connectivity index (χ2v) is 9.00. The van der Waals surface area contributed by atoms with Crippen molar-refractivity contribution in [1.82, 2.24) is 0 Å². The molecule has 5 rings (SSSR count). The van der Waals surface area contributed by atoms with Gasteiger partial charge in [0.1, 0.15) is 0 Å². The van der Waals surface area contributed by atoms with Gasteiger partial charge in [-0.1, -0.05) is 60.7 Å². The molecule has 0 saturated heterocycles. The molecule has 0 bridgehead atoms. The predicted octanol–water partition coefficient (Wildman–Crippen LogP) is 5.61. The second-order valence-electron chi connectivity index (χ2n) is 9.00. The van der Waals surface area contributed by atoms with Gasteiger partial charge >= 0.3 is 5.97 Å². The number of carbonyl (C=O) groups excluding carboxylic acids is 2. The maximum absolute atomic E-state index is 13.7. The minimum absolute atomic E-state index is 0.0407. The molecule has 0 saturated carbocycles. The number of benzene rings is 3. The number of hydrogen-bond acceptors (Lipinski definition) is 3. The van der Waals surface area contributed by atoms with E-state index in [4.69, 9.17) is 0 Å². The third kappa shape index (κ3) is 3.83. The number of carbonyl (C=O) groups is 3. The molecular formula is C29H25NO4. The van der Waals surface area contributed by atoms with E-state index in [2.05, 4.69) is 0 Å². The Balaban J connectivity index is 1.68. The van der Waals surface area contributed by atoms with Gasteiger partial charge in [0.2, 0.25) is 5.91 Å². The summed E-state index contributed by atoms with van der Waals surface area (Å²) in [5.74, 6) is -1.47. The van der Waals surface area contributed by atoms with Crippen LogP contribution in [-0.4, -0.2) is 22.8 Å². The van der Waals surface area contributed by atoms with Crippen molar-refractivity contribution in [3.8, 4) is 0 Å². The van der Waals surface area contributed by atoms with Crippen molar-refractivity contribution < 1.29 is 19.5 Å². The van der Waals surface area contributed by atoms with Crippen molar-refractivity contribution in [3.63, 3.8) is 0 Å². The van der Waals surface area contributed by atoms with Gasteiger partial charge in [0, 0.05) is 35.7 Å². The molecule has 170 valence electrons. The average Bonchev–Trinajstić information content (AvgIpc) is 2.84. The maximum Gasteiger partial charge on any atom is 0.335 e. The summed E-state index contributed by atoms with van der Waals surface area (Å²) in [5, 5.41) is 9.49. The van der Waals surface area contributed by atoms with Gasteiger partial charge in [-0.05, 0) is 54.2 Å². The Hall–Kier alpha value is -3.99.